The van der Waals surface area contributed by atoms with Crippen LogP contribution in [0.25, 0.3) is 23.1 Å². The van der Waals surface area contributed by atoms with E-state index in [4.69, 9.17) is 0 Å². The van der Waals surface area contributed by atoms with Crippen molar-refractivity contribution in [1.29, 1.82) is 0 Å². The van der Waals surface area contributed by atoms with Crippen LogP contribution in [0, 0.1) is 11.6 Å². The van der Waals surface area contributed by atoms with Crippen molar-refractivity contribution in [3.05, 3.63) is 83.8 Å². The summed E-state index contributed by atoms with van der Waals surface area (Å²) in [7, 11) is 0. The molecule has 9 heteroatoms. The van der Waals surface area contributed by atoms with Crippen LogP contribution in [0.5, 0.6) is 0 Å². The zero-order chi connectivity index (χ0) is 22.5. The summed E-state index contributed by atoms with van der Waals surface area (Å²) in [6.45, 7) is 0. The number of nitrogens with zero attached hydrogens (tertiary/aromatic N) is 2. The maximum atomic E-state index is 13.2. The molecule has 0 aliphatic rings. The Kier molecular flexibility index (Phi) is 5.98. The van der Waals surface area contributed by atoms with Gasteiger partial charge in [0.05, 0.1) is 16.9 Å². The Hall–Kier alpha value is -4.40. The van der Waals surface area contributed by atoms with Crippen molar-refractivity contribution in [2.24, 2.45) is 0 Å². The number of fused-ring (bicyclic) bond motifs is 1. The van der Waals surface area contributed by atoms with E-state index >= 15 is 0 Å². The molecule has 0 aliphatic carbocycles. The number of pyridine rings is 1. The van der Waals surface area contributed by atoms with Crippen molar-refractivity contribution < 1.29 is 18.4 Å². The van der Waals surface area contributed by atoms with Gasteiger partial charge in [-0.1, -0.05) is 6.07 Å². The molecule has 0 bridgehead atoms. The van der Waals surface area contributed by atoms with Gasteiger partial charge in [0.2, 0.25) is 11.8 Å². The molecule has 2 amide bonds. The van der Waals surface area contributed by atoms with Crippen LogP contribution in [0.2, 0.25) is 0 Å². The molecule has 0 saturated carbocycles. The van der Waals surface area contributed by atoms with Crippen LogP contribution in [-0.4, -0.2) is 27.0 Å². The SMILES string of the molecule is O=C(CC(=O)Nc1ccc2c(C=Cc3ccccn3)n[nH]c2c1)Nc1cc(F)cc(F)c1. The van der Waals surface area contributed by atoms with E-state index in [0.29, 0.717) is 23.0 Å². The van der Waals surface area contributed by atoms with Crippen molar-refractivity contribution in [3.63, 3.8) is 0 Å². The van der Waals surface area contributed by atoms with E-state index in [-0.39, 0.29) is 5.69 Å². The predicted molar refractivity (Wildman–Crippen MR) is 117 cm³/mol. The first-order valence-electron chi connectivity index (χ1n) is 9.59. The van der Waals surface area contributed by atoms with Crippen molar-refractivity contribution in [1.82, 2.24) is 15.2 Å². The summed E-state index contributed by atoms with van der Waals surface area (Å²) in [6.07, 6.45) is 4.86. The topological polar surface area (TPSA) is 99.8 Å². The molecular weight excluding hydrogens is 416 g/mol. The van der Waals surface area contributed by atoms with Crippen LogP contribution in [-0.2, 0) is 9.59 Å². The lowest BCUT2D eigenvalue weighted by Crippen LogP contribution is -2.21. The Morgan fingerprint density at radius 2 is 1.66 bits per heavy atom. The summed E-state index contributed by atoms with van der Waals surface area (Å²) in [5.74, 6) is -2.93. The van der Waals surface area contributed by atoms with Gasteiger partial charge in [0.15, 0.2) is 0 Å². The molecule has 7 nitrogen and oxygen atoms in total. The molecule has 2 aromatic heterocycles. The quantitative estimate of drug-likeness (QED) is 0.393. The zero-order valence-corrected chi connectivity index (χ0v) is 16.6. The van der Waals surface area contributed by atoms with Gasteiger partial charge in [-0.15, -0.1) is 0 Å². The summed E-state index contributed by atoms with van der Waals surface area (Å²) < 4.78 is 26.4. The van der Waals surface area contributed by atoms with Crippen molar-refractivity contribution >= 4 is 46.2 Å². The van der Waals surface area contributed by atoms with Crippen LogP contribution in [0.1, 0.15) is 17.8 Å². The van der Waals surface area contributed by atoms with E-state index in [9.17, 15) is 18.4 Å². The highest BCUT2D eigenvalue weighted by Gasteiger charge is 2.12. The Labute approximate surface area is 181 Å². The smallest absolute Gasteiger partial charge is 0.233 e. The number of hydrogen-bond donors (Lipinski definition) is 3. The van der Waals surface area contributed by atoms with Crippen molar-refractivity contribution in [2.45, 2.75) is 6.42 Å². The molecule has 0 atom stereocenters. The van der Waals surface area contributed by atoms with Gasteiger partial charge in [0, 0.05) is 29.0 Å². The minimum atomic E-state index is -0.827. The molecule has 0 fully saturated rings. The van der Waals surface area contributed by atoms with Gasteiger partial charge in [-0.2, -0.15) is 5.10 Å². The number of nitrogens with one attached hydrogen (secondary N) is 3. The first kappa shape index (κ1) is 20.9. The fourth-order valence-electron chi connectivity index (χ4n) is 3.07. The van der Waals surface area contributed by atoms with E-state index in [0.717, 1.165) is 23.2 Å². The molecular formula is C23H17F2N5O2. The molecule has 0 radical (unpaired) electrons. The number of halogens is 2. The Morgan fingerprint density at radius 1 is 0.906 bits per heavy atom. The predicted octanol–water partition coefficient (Wildman–Crippen LogP) is 4.37. The summed E-state index contributed by atoms with van der Waals surface area (Å²) in [5.41, 5.74) is 2.61. The van der Waals surface area contributed by atoms with Crippen LogP contribution in [0.3, 0.4) is 0 Å². The number of anilines is 2. The molecule has 3 N–H and O–H groups in total. The fraction of sp³-hybridized carbons (Fsp3) is 0.0435. The summed E-state index contributed by atoms with van der Waals surface area (Å²) in [5, 5.41) is 12.9. The van der Waals surface area contributed by atoms with E-state index in [1.165, 1.54) is 0 Å². The van der Waals surface area contributed by atoms with E-state index < -0.39 is 29.9 Å². The van der Waals surface area contributed by atoms with Crippen LogP contribution in [0.4, 0.5) is 20.2 Å². The number of amides is 2. The third-order valence-corrected chi connectivity index (χ3v) is 4.44. The lowest BCUT2D eigenvalue weighted by atomic mass is 10.1. The molecule has 32 heavy (non-hydrogen) atoms. The number of carbonyl (C=O) groups is 2. The van der Waals surface area contributed by atoms with E-state index in [2.05, 4.69) is 25.8 Å². The van der Waals surface area contributed by atoms with Gasteiger partial charge in [0.1, 0.15) is 18.1 Å². The third-order valence-electron chi connectivity index (χ3n) is 4.44. The molecule has 4 rings (SSSR count). The summed E-state index contributed by atoms with van der Waals surface area (Å²) in [4.78, 5) is 28.4. The standard InChI is InChI=1S/C23H17F2N5O2/c24-14-9-15(25)11-18(10-14)28-23(32)13-22(31)27-17-4-6-19-20(29-30-21(19)12-17)7-5-16-3-1-2-8-26-16/h1-12H,13H2,(H,27,31)(H,28,32)(H,29,30). The fourth-order valence-corrected chi connectivity index (χ4v) is 3.07. The normalized spacial score (nSPS) is 11.1. The minimum Gasteiger partial charge on any atom is -0.326 e. The monoisotopic (exact) mass is 433 g/mol. The third kappa shape index (κ3) is 5.20. The van der Waals surface area contributed by atoms with Crippen molar-refractivity contribution in [3.8, 4) is 0 Å². The molecule has 4 aromatic rings. The molecule has 2 heterocycles. The first-order chi connectivity index (χ1) is 15.5. The van der Waals surface area contributed by atoms with Crippen LogP contribution >= 0.6 is 0 Å². The molecule has 0 unspecified atom stereocenters. The number of hydrogen-bond acceptors (Lipinski definition) is 4. The maximum Gasteiger partial charge on any atom is 0.233 e. The second kappa shape index (κ2) is 9.17. The van der Waals surface area contributed by atoms with Gasteiger partial charge < -0.3 is 10.6 Å². The highest BCUT2D eigenvalue weighted by atomic mass is 19.1. The summed E-state index contributed by atoms with van der Waals surface area (Å²) in [6, 6.07) is 13.4. The van der Waals surface area contributed by atoms with Crippen molar-refractivity contribution in [2.75, 3.05) is 10.6 Å². The van der Waals surface area contributed by atoms with E-state index in [1.54, 1.807) is 24.4 Å². The second-order valence-electron chi connectivity index (χ2n) is 6.89. The first-order valence-corrected chi connectivity index (χ1v) is 9.59. The van der Waals surface area contributed by atoms with Crippen LogP contribution < -0.4 is 10.6 Å². The lowest BCUT2D eigenvalue weighted by molar-refractivity contribution is -0.123. The number of carbonyl (C=O) groups excluding carboxylic acids is 2. The largest absolute Gasteiger partial charge is 0.326 e. The summed E-state index contributed by atoms with van der Waals surface area (Å²) >= 11 is 0. The Bertz CT molecular complexity index is 1300. The number of benzene rings is 2. The van der Waals surface area contributed by atoms with Gasteiger partial charge in [-0.3, -0.25) is 19.7 Å². The van der Waals surface area contributed by atoms with E-state index in [1.807, 2.05) is 30.4 Å². The number of aromatic nitrogens is 3. The maximum absolute atomic E-state index is 13.2. The highest BCUT2D eigenvalue weighted by Crippen LogP contribution is 2.22. The molecule has 0 saturated heterocycles. The zero-order valence-electron chi connectivity index (χ0n) is 16.6. The Balaban J connectivity index is 1.39. The second-order valence-corrected chi connectivity index (χ2v) is 6.89. The van der Waals surface area contributed by atoms with Gasteiger partial charge in [-0.25, -0.2) is 8.78 Å². The average Bonchev–Trinajstić information content (AvgIpc) is 3.14. The lowest BCUT2D eigenvalue weighted by Gasteiger charge is -2.07. The van der Waals surface area contributed by atoms with Crippen LogP contribution in [0.15, 0.2) is 60.8 Å². The molecule has 0 aliphatic heterocycles. The number of aromatic amines is 1. The van der Waals surface area contributed by atoms with Gasteiger partial charge in [-0.05, 0) is 54.6 Å². The average molecular weight is 433 g/mol. The van der Waals surface area contributed by atoms with Gasteiger partial charge >= 0.3 is 0 Å². The molecule has 160 valence electrons. The highest BCUT2D eigenvalue weighted by molar-refractivity contribution is 6.08. The Morgan fingerprint density at radius 3 is 2.38 bits per heavy atom. The number of H-pyrrole nitrogens is 1. The number of rotatable bonds is 6. The minimum absolute atomic E-state index is 0.0644. The molecule has 0 spiro atoms. The van der Waals surface area contributed by atoms with Gasteiger partial charge in [0.25, 0.3) is 0 Å². The molecule has 2 aromatic carbocycles.